The summed E-state index contributed by atoms with van der Waals surface area (Å²) in [5.74, 6) is -11.9. The topological polar surface area (TPSA) is 46.6 Å². The first-order valence-corrected chi connectivity index (χ1v) is 7.89. The predicted molar refractivity (Wildman–Crippen MR) is 83.4 cm³/mol. The number of benzene rings is 2. The zero-order valence-electron chi connectivity index (χ0n) is 13.7. The number of rotatable bonds is 4. The van der Waals surface area contributed by atoms with Gasteiger partial charge in [0.05, 0.1) is 16.8 Å². The van der Waals surface area contributed by atoms with Gasteiger partial charge in [-0.1, -0.05) is 12.1 Å². The number of anilines is 1. The smallest absolute Gasteiger partial charge is 0.340 e. The second kappa shape index (κ2) is 7.34. The summed E-state index contributed by atoms with van der Waals surface area (Å²) in [7, 11) is 0. The minimum atomic E-state index is -2.29. The van der Waals surface area contributed by atoms with Crippen LogP contribution >= 0.6 is 0 Å². The highest BCUT2D eigenvalue weighted by Crippen LogP contribution is 2.27. The molecule has 2 aromatic rings. The Labute approximate surface area is 150 Å². The monoisotopic (exact) mass is 385 g/mol. The Bertz CT molecular complexity index is 902. The van der Waals surface area contributed by atoms with Crippen molar-refractivity contribution in [2.24, 2.45) is 0 Å². The molecule has 142 valence electrons. The Kier molecular flexibility index (Phi) is 5.11. The first-order valence-electron chi connectivity index (χ1n) is 7.89. The maximum atomic E-state index is 13.7. The molecule has 4 nitrogen and oxygen atoms in total. The molecule has 0 N–H and O–H groups in total. The number of hydrogen-bond donors (Lipinski definition) is 0. The van der Waals surface area contributed by atoms with Crippen molar-refractivity contribution in [1.29, 1.82) is 0 Å². The Morgan fingerprint density at radius 1 is 0.963 bits per heavy atom. The molecule has 0 aromatic heterocycles. The van der Waals surface area contributed by atoms with E-state index < -0.39 is 47.2 Å². The second-order valence-corrected chi connectivity index (χ2v) is 5.79. The van der Waals surface area contributed by atoms with E-state index in [1.807, 2.05) is 0 Å². The molecule has 27 heavy (non-hydrogen) atoms. The van der Waals surface area contributed by atoms with Crippen LogP contribution in [0.2, 0.25) is 0 Å². The minimum absolute atomic E-state index is 0.0587. The van der Waals surface area contributed by atoms with Gasteiger partial charge >= 0.3 is 5.97 Å². The van der Waals surface area contributed by atoms with Gasteiger partial charge in [0.15, 0.2) is 23.3 Å². The van der Waals surface area contributed by atoms with Gasteiger partial charge in [-0.25, -0.2) is 26.7 Å². The highest BCUT2D eigenvalue weighted by atomic mass is 19.2. The van der Waals surface area contributed by atoms with Crippen molar-refractivity contribution in [3.05, 3.63) is 64.5 Å². The Morgan fingerprint density at radius 2 is 1.56 bits per heavy atom. The van der Waals surface area contributed by atoms with Crippen molar-refractivity contribution < 1.29 is 36.3 Å². The van der Waals surface area contributed by atoms with Gasteiger partial charge in [-0.15, -0.1) is 0 Å². The molecule has 1 amide bonds. The van der Waals surface area contributed by atoms with E-state index >= 15 is 0 Å². The summed E-state index contributed by atoms with van der Waals surface area (Å²) in [5, 5.41) is 0. The normalized spacial score (nSPS) is 14.0. The fraction of sp³-hybridized carbons (Fsp3) is 0.222. The van der Waals surface area contributed by atoms with E-state index in [9.17, 15) is 31.5 Å². The van der Waals surface area contributed by atoms with Crippen molar-refractivity contribution in [3.63, 3.8) is 0 Å². The zero-order chi connectivity index (χ0) is 19.7. The third kappa shape index (κ3) is 3.36. The largest absolute Gasteiger partial charge is 0.457 e. The number of hydrogen-bond acceptors (Lipinski definition) is 3. The van der Waals surface area contributed by atoms with E-state index in [0.717, 1.165) is 0 Å². The van der Waals surface area contributed by atoms with Crippen LogP contribution in [0.25, 0.3) is 0 Å². The van der Waals surface area contributed by atoms with Crippen LogP contribution in [0, 0.1) is 29.1 Å². The summed E-state index contributed by atoms with van der Waals surface area (Å²) in [4.78, 5) is 25.5. The molecule has 1 saturated heterocycles. The lowest BCUT2D eigenvalue weighted by Crippen LogP contribution is -2.26. The maximum absolute atomic E-state index is 13.7. The SMILES string of the molecule is O=C(OCc1c(F)c(F)c(F)c(F)c1F)c1ccccc1N1CCCC1=O. The van der Waals surface area contributed by atoms with Crippen molar-refractivity contribution in [3.8, 4) is 0 Å². The summed E-state index contributed by atoms with van der Waals surface area (Å²) in [6.45, 7) is -0.770. The zero-order valence-corrected chi connectivity index (χ0v) is 13.7. The van der Waals surface area contributed by atoms with Crippen LogP contribution in [0.15, 0.2) is 24.3 Å². The lowest BCUT2D eigenvalue weighted by Gasteiger charge is -2.19. The Hall–Kier alpha value is -2.97. The molecule has 1 aliphatic heterocycles. The van der Waals surface area contributed by atoms with Gasteiger partial charge in [-0.2, -0.15) is 0 Å². The lowest BCUT2D eigenvalue weighted by molar-refractivity contribution is -0.117. The average molecular weight is 385 g/mol. The van der Waals surface area contributed by atoms with Crippen LogP contribution in [-0.4, -0.2) is 18.4 Å². The van der Waals surface area contributed by atoms with Crippen molar-refractivity contribution in [1.82, 2.24) is 0 Å². The number of halogens is 5. The summed E-state index contributed by atoms with van der Waals surface area (Å²) in [6.07, 6.45) is 0.917. The molecule has 0 aliphatic carbocycles. The van der Waals surface area contributed by atoms with Crippen LogP contribution < -0.4 is 4.90 Å². The summed E-state index contributed by atoms with van der Waals surface area (Å²) >= 11 is 0. The summed E-state index contributed by atoms with van der Waals surface area (Å²) in [6, 6.07) is 5.90. The van der Waals surface area contributed by atoms with E-state index in [4.69, 9.17) is 4.74 Å². The molecule has 0 radical (unpaired) electrons. The first-order chi connectivity index (χ1) is 12.8. The van der Waals surface area contributed by atoms with Crippen molar-refractivity contribution >= 4 is 17.6 Å². The van der Waals surface area contributed by atoms with Crippen LogP contribution in [0.4, 0.5) is 27.6 Å². The molecular formula is C18H12F5NO3. The number of para-hydroxylation sites is 1. The molecular weight excluding hydrogens is 373 g/mol. The van der Waals surface area contributed by atoms with Crippen molar-refractivity contribution in [2.75, 3.05) is 11.4 Å². The number of amides is 1. The molecule has 0 spiro atoms. The Morgan fingerprint density at radius 3 is 2.15 bits per heavy atom. The van der Waals surface area contributed by atoms with E-state index in [2.05, 4.69) is 0 Å². The third-order valence-electron chi connectivity index (χ3n) is 4.14. The Balaban J connectivity index is 1.85. The molecule has 2 aromatic carbocycles. The number of carbonyl (C=O) groups excluding carboxylic acids is 2. The molecule has 0 bridgehead atoms. The number of carbonyl (C=O) groups is 2. The van der Waals surface area contributed by atoms with Gasteiger partial charge < -0.3 is 9.64 Å². The van der Waals surface area contributed by atoms with Gasteiger partial charge in [0.1, 0.15) is 6.61 Å². The van der Waals surface area contributed by atoms with E-state index in [0.29, 0.717) is 19.4 Å². The molecule has 9 heteroatoms. The molecule has 0 unspecified atom stereocenters. The van der Waals surface area contributed by atoms with Crippen molar-refractivity contribution in [2.45, 2.75) is 19.4 Å². The van der Waals surface area contributed by atoms with Crippen LogP contribution in [0.3, 0.4) is 0 Å². The lowest BCUT2D eigenvalue weighted by atomic mass is 10.1. The maximum Gasteiger partial charge on any atom is 0.340 e. The molecule has 1 heterocycles. The summed E-state index contributed by atoms with van der Waals surface area (Å²) in [5.41, 5.74) is -1.06. The highest BCUT2D eigenvalue weighted by Gasteiger charge is 2.28. The van der Waals surface area contributed by atoms with Gasteiger partial charge in [-0.05, 0) is 18.6 Å². The highest BCUT2D eigenvalue weighted by molar-refractivity contribution is 6.03. The molecule has 1 aliphatic rings. The standard InChI is InChI=1S/C18H12F5NO3/c19-13-10(14(20)16(22)17(23)15(13)21)8-27-18(26)9-4-1-2-5-11(9)24-7-3-6-12(24)25/h1-2,4-5H,3,6-8H2. The first kappa shape index (κ1) is 18.8. The van der Waals surface area contributed by atoms with E-state index in [1.54, 1.807) is 6.07 Å². The molecule has 0 atom stereocenters. The molecule has 3 rings (SSSR count). The number of esters is 1. The fourth-order valence-corrected chi connectivity index (χ4v) is 2.78. The summed E-state index contributed by atoms with van der Waals surface area (Å²) < 4.78 is 71.6. The van der Waals surface area contributed by atoms with Gasteiger partial charge in [0.2, 0.25) is 11.7 Å². The van der Waals surface area contributed by atoms with Crippen LogP contribution in [-0.2, 0) is 16.1 Å². The van der Waals surface area contributed by atoms with E-state index in [-0.39, 0.29) is 17.2 Å². The number of ether oxygens (including phenoxy) is 1. The van der Waals surface area contributed by atoms with Crippen LogP contribution in [0.1, 0.15) is 28.8 Å². The average Bonchev–Trinajstić information content (AvgIpc) is 3.10. The fourth-order valence-electron chi connectivity index (χ4n) is 2.78. The molecule has 0 saturated carbocycles. The van der Waals surface area contributed by atoms with Gasteiger partial charge in [-0.3, -0.25) is 4.79 Å². The van der Waals surface area contributed by atoms with Gasteiger partial charge in [0.25, 0.3) is 0 Å². The molecule has 1 fully saturated rings. The predicted octanol–water partition coefficient (Wildman–Crippen LogP) is 3.87. The number of nitrogens with zero attached hydrogens (tertiary/aromatic N) is 1. The van der Waals surface area contributed by atoms with Gasteiger partial charge in [0, 0.05) is 13.0 Å². The second-order valence-electron chi connectivity index (χ2n) is 5.79. The van der Waals surface area contributed by atoms with E-state index in [1.165, 1.54) is 23.1 Å². The quantitative estimate of drug-likeness (QED) is 0.348. The minimum Gasteiger partial charge on any atom is -0.457 e. The van der Waals surface area contributed by atoms with Crippen LogP contribution in [0.5, 0.6) is 0 Å². The third-order valence-corrected chi connectivity index (χ3v) is 4.14.